The maximum Gasteiger partial charge on any atom is 0.246 e. The molecule has 2 aromatic rings. The van der Waals surface area contributed by atoms with Crippen LogP contribution in [0.4, 0.5) is 0 Å². The van der Waals surface area contributed by atoms with Crippen molar-refractivity contribution in [1.82, 2.24) is 24.0 Å². The van der Waals surface area contributed by atoms with Gasteiger partial charge >= 0.3 is 0 Å². The van der Waals surface area contributed by atoms with Crippen LogP contribution in [0.2, 0.25) is 0 Å². The third kappa shape index (κ3) is 3.59. The van der Waals surface area contributed by atoms with Gasteiger partial charge in [-0.25, -0.2) is 18.1 Å². The Kier molecular flexibility index (Phi) is 5.19. The number of aryl methyl sites for hydroxylation is 1. The molecule has 5 heterocycles. The van der Waals surface area contributed by atoms with Crippen LogP contribution in [-0.4, -0.2) is 63.6 Å². The Hall–Kier alpha value is -1.77. The van der Waals surface area contributed by atoms with Gasteiger partial charge < -0.3 is 4.90 Å². The fraction of sp³-hybridized carbons (Fsp3) is 0.636. The molecule has 3 fully saturated rings. The molecular weight excluding hydrogens is 398 g/mol. The monoisotopic (exact) mass is 429 g/mol. The lowest BCUT2D eigenvalue weighted by Gasteiger charge is -2.44. The van der Waals surface area contributed by atoms with E-state index in [0.717, 1.165) is 50.3 Å². The first-order valence-electron chi connectivity index (χ1n) is 11.2. The van der Waals surface area contributed by atoms with Gasteiger partial charge in [0.25, 0.3) is 0 Å². The number of rotatable bonds is 4. The number of nitrogens with zero attached hydrogens (tertiary/aromatic N) is 5. The predicted octanol–water partition coefficient (Wildman–Crippen LogP) is 2.99. The van der Waals surface area contributed by atoms with E-state index in [1.165, 1.54) is 19.0 Å². The smallest absolute Gasteiger partial charge is 0.246 e. The van der Waals surface area contributed by atoms with Crippen molar-refractivity contribution in [1.29, 1.82) is 0 Å². The van der Waals surface area contributed by atoms with Gasteiger partial charge in [0.05, 0.1) is 12.4 Å². The fourth-order valence-electron chi connectivity index (χ4n) is 5.52. The molecule has 0 spiro atoms. The third-order valence-corrected chi connectivity index (χ3v) is 9.20. The van der Waals surface area contributed by atoms with Crippen LogP contribution in [0.25, 0.3) is 5.82 Å². The number of hydrogen-bond acceptors (Lipinski definition) is 5. The molecule has 162 valence electrons. The molecule has 3 saturated heterocycles. The number of sulfonamides is 1. The van der Waals surface area contributed by atoms with E-state index in [0.29, 0.717) is 11.9 Å². The molecule has 2 aromatic heterocycles. The Morgan fingerprint density at radius 2 is 1.73 bits per heavy atom. The normalized spacial score (nSPS) is 28.8. The van der Waals surface area contributed by atoms with E-state index in [1.807, 2.05) is 19.1 Å². The highest BCUT2D eigenvalue weighted by Crippen LogP contribution is 2.41. The van der Waals surface area contributed by atoms with Crippen molar-refractivity contribution in [3.63, 3.8) is 0 Å². The second-order valence-corrected chi connectivity index (χ2v) is 11.2. The Morgan fingerprint density at radius 3 is 2.40 bits per heavy atom. The van der Waals surface area contributed by atoms with E-state index >= 15 is 0 Å². The summed E-state index contributed by atoms with van der Waals surface area (Å²) in [6, 6.07) is 4.56. The number of piperidine rings is 2. The first-order valence-corrected chi connectivity index (χ1v) is 12.6. The van der Waals surface area contributed by atoms with E-state index in [1.54, 1.807) is 21.4 Å². The average Bonchev–Trinajstić information content (AvgIpc) is 3.33. The molecule has 5 rings (SSSR count). The largest absolute Gasteiger partial charge is 0.300 e. The molecule has 3 aliphatic heterocycles. The van der Waals surface area contributed by atoms with Crippen molar-refractivity contribution in [3.8, 4) is 5.82 Å². The molecular formula is C22H31N5O2S. The Balaban J connectivity index is 1.35. The number of hydrogen-bond donors (Lipinski definition) is 0. The van der Waals surface area contributed by atoms with Crippen LogP contribution in [-0.2, 0) is 10.0 Å². The van der Waals surface area contributed by atoms with Crippen molar-refractivity contribution >= 4 is 10.0 Å². The van der Waals surface area contributed by atoms with Gasteiger partial charge in [-0.1, -0.05) is 6.92 Å². The van der Waals surface area contributed by atoms with Crippen LogP contribution in [0.5, 0.6) is 0 Å². The zero-order valence-corrected chi connectivity index (χ0v) is 18.6. The van der Waals surface area contributed by atoms with Crippen LogP contribution >= 0.6 is 0 Å². The highest BCUT2D eigenvalue weighted by molar-refractivity contribution is 7.89. The van der Waals surface area contributed by atoms with Gasteiger partial charge in [0, 0.05) is 24.3 Å². The molecule has 2 bridgehead atoms. The van der Waals surface area contributed by atoms with Crippen LogP contribution in [0.1, 0.15) is 51.0 Å². The number of aromatic nitrogens is 3. The molecule has 0 radical (unpaired) electrons. The zero-order chi connectivity index (χ0) is 20.9. The Morgan fingerprint density at radius 1 is 1.03 bits per heavy atom. The van der Waals surface area contributed by atoms with Crippen molar-refractivity contribution in [3.05, 3.63) is 36.3 Å². The lowest BCUT2D eigenvalue weighted by molar-refractivity contribution is 0.0759. The molecule has 0 amide bonds. The average molecular weight is 430 g/mol. The van der Waals surface area contributed by atoms with Gasteiger partial charge in [0.15, 0.2) is 5.82 Å². The molecule has 30 heavy (non-hydrogen) atoms. The first kappa shape index (κ1) is 20.2. The number of pyridine rings is 1. The topological polar surface area (TPSA) is 71.3 Å². The van der Waals surface area contributed by atoms with Crippen LogP contribution in [0.15, 0.2) is 35.6 Å². The number of fused-ring (bicyclic) bond motifs is 2. The summed E-state index contributed by atoms with van der Waals surface area (Å²) in [7, 11) is -3.55. The lowest BCUT2D eigenvalue weighted by atomic mass is 9.93. The van der Waals surface area contributed by atoms with Gasteiger partial charge in [0.2, 0.25) is 10.0 Å². The second kappa shape index (κ2) is 7.73. The van der Waals surface area contributed by atoms with Crippen LogP contribution in [0, 0.1) is 12.8 Å². The highest BCUT2D eigenvalue weighted by atomic mass is 32.2. The van der Waals surface area contributed by atoms with Crippen LogP contribution in [0.3, 0.4) is 0 Å². The maximum atomic E-state index is 13.5. The van der Waals surface area contributed by atoms with E-state index in [4.69, 9.17) is 0 Å². The van der Waals surface area contributed by atoms with Gasteiger partial charge in [-0.05, 0) is 82.2 Å². The van der Waals surface area contributed by atoms with Crippen LogP contribution < -0.4 is 0 Å². The van der Waals surface area contributed by atoms with Crippen molar-refractivity contribution in [2.45, 2.75) is 75.4 Å². The molecule has 0 aliphatic carbocycles. The van der Waals surface area contributed by atoms with E-state index in [9.17, 15) is 8.42 Å². The van der Waals surface area contributed by atoms with Gasteiger partial charge in [-0.15, -0.1) is 0 Å². The molecule has 8 heteroatoms. The Labute approximate surface area is 179 Å². The van der Waals surface area contributed by atoms with Crippen molar-refractivity contribution in [2.75, 3.05) is 13.1 Å². The van der Waals surface area contributed by atoms with E-state index in [2.05, 4.69) is 21.9 Å². The standard InChI is InChI=1S/C22H31N5O2S/c1-16-6-9-25(10-7-16)20-12-18-3-4-19(13-20)27(18)30(28,29)21-14-24-26(15-21)22-11-17(2)5-8-23-22/h5,8,11,14-16,18-20H,3-4,6-7,9-10,12-13H2,1-2H3/t18-,19+,20-. The summed E-state index contributed by atoms with van der Waals surface area (Å²) >= 11 is 0. The highest BCUT2D eigenvalue weighted by Gasteiger charge is 2.48. The summed E-state index contributed by atoms with van der Waals surface area (Å²) in [5.41, 5.74) is 1.06. The predicted molar refractivity (Wildman–Crippen MR) is 115 cm³/mol. The Bertz CT molecular complexity index is 998. The van der Waals surface area contributed by atoms with Gasteiger partial charge in [0.1, 0.15) is 4.90 Å². The van der Waals surface area contributed by atoms with Gasteiger partial charge in [-0.3, -0.25) is 0 Å². The summed E-state index contributed by atoms with van der Waals surface area (Å²) in [5, 5.41) is 4.29. The summed E-state index contributed by atoms with van der Waals surface area (Å²) in [4.78, 5) is 7.21. The maximum absolute atomic E-state index is 13.5. The minimum Gasteiger partial charge on any atom is -0.300 e. The number of likely N-dealkylation sites (tertiary alicyclic amines) is 1. The fourth-order valence-corrected chi connectivity index (χ4v) is 7.35. The summed E-state index contributed by atoms with van der Waals surface area (Å²) in [6.45, 7) is 6.64. The third-order valence-electron chi connectivity index (χ3n) is 7.25. The summed E-state index contributed by atoms with van der Waals surface area (Å²) < 4.78 is 30.4. The van der Waals surface area contributed by atoms with E-state index < -0.39 is 10.0 Å². The zero-order valence-electron chi connectivity index (χ0n) is 17.8. The second-order valence-electron chi connectivity index (χ2n) is 9.38. The van der Waals surface area contributed by atoms with Crippen molar-refractivity contribution < 1.29 is 8.42 Å². The molecule has 0 unspecified atom stereocenters. The SMILES string of the molecule is Cc1ccnc(-n2cc(S(=O)(=O)N3[C@@H]4CC[C@H]3C[C@H](N3CCC(C)CC3)C4)cn2)c1. The summed E-state index contributed by atoms with van der Waals surface area (Å²) in [6.07, 6.45) is 11.2. The molecule has 0 N–H and O–H groups in total. The summed E-state index contributed by atoms with van der Waals surface area (Å²) in [5.74, 6) is 1.45. The molecule has 3 aliphatic rings. The lowest BCUT2D eigenvalue weighted by Crippen LogP contribution is -2.53. The molecule has 7 nitrogen and oxygen atoms in total. The van der Waals surface area contributed by atoms with E-state index in [-0.39, 0.29) is 17.0 Å². The molecule has 0 saturated carbocycles. The molecule has 3 atom stereocenters. The quantitative estimate of drug-likeness (QED) is 0.747. The minimum absolute atomic E-state index is 0.110. The minimum atomic E-state index is -3.55. The van der Waals surface area contributed by atoms with Crippen molar-refractivity contribution in [2.24, 2.45) is 5.92 Å². The first-order chi connectivity index (χ1) is 14.4. The van der Waals surface area contributed by atoms with Gasteiger partial charge in [-0.2, -0.15) is 9.40 Å². The molecule has 0 aromatic carbocycles.